The summed E-state index contributed by atoms with van der Waals surface area (Å²) >= 11 is 8.61. The number of aromatic nitrogens is 1. The first-order valence-corrected chi connectivity index (χ1v) is 8.78. The third kappa shape index (κ3) is 4.48. The van der Waals surface area contributed by atoms with Gasteiger partial charge in [-0.25, -0.2) is 9.59 Å². The lowest BCUT2D eigenvalue weighted by Crippen LogP contribution is -2.23. The number of nitriles is 1. The van der Waals surface area contributed by atoms with Crippen molar-refractivity contribution in [2.45, 2.75) is 19.8 Å². The topological polar surface area (TPSA) is 81.3 Å². The number of esters is 2. The second-order valence-electron chi connectivity index (χ2n) is 5.21. The van der Waals surface area contributed by atoms with Crippen molar-refractivity contribution in [3.63, 3.8) is 0 Å². The molecule has 6 nitrogen and oxygen atoms in total. The first kappa shape index (κ1) is 21.8. The van der Waals surface area contributed by atoms with E-state index in [1.54, 1.807) is 6.07 Å². The smallest absolute Gasteiger partial charge is 0.432 e. The van der Waals surface area contributed by atoms with Crippen molar-refractivity contribution in [3.8, 4) is 17.3 Å². The molecule has 0 N–H and O–H groups in total. The van der Waals surface area contributed by atoms with Crippen LogP contribution in [0.4, 0.5) is 13.2 Å². The van der Waals surface area contributed by atoms with Crippen LogP contribution < -0.4 is 0 Å². The fourth-order valence-electron chi connectivity index (χ4n) is 2.38. The Kier molecular flexibility index (Phi) is 6.74. The van der Waals surface area contributed by atoms with Crippen LogP contribution in [0.3, 0.4) is 0 Å². The fourth-order valence-corrected chi connectivity index (χ4v) is 3.22. The minimum atomic E-state index is -4.88. The minimum absolute atomic E-state index is 0.106. The Hall–Kier alpha value is -2.51. The largest absolute Gasteiger partial charge is 0.458 e. The molecule has 0 saturated carbocycles. The van der Waals surface area contributed by atoms with Gasteiger partial charge >= 0.3 is 18.1 Å². The maximum atomic E-state index is 13.6. The fraction of sp³-hybridized carbons (Fsp3) is 0.235. The van der Waals surface area contributed by atoms with Crippen LogP contribution in [0.2, 0.25) is 5.02 Å². The van der Waals surface area contributed by atoms with Gasteiger partial charge in [0.1, 0.15) is 11.8 Å². The van der Waals surface area contributed by atoms with Crippen molar-refractivity contribution >= 4 is 39.5 Å². The van der Waals surface area contributed by atoms with Crippen LogP contribution in [0.15, 0.2) is 28.7 Å². The second kappa shape index (κ2) is 8.67. The van der Waals surface area contributed by atoms with E-state index >= 15 is 0 Å². The summed E-state index contributed by atoms with van der Waals surface area (Å²) in [6, 6.07) is 7.39. The molecule has 11 heteroatoms. The Morgan fingerprint density at radius 3 is 2.29 bits per heavy atom. The number of carbonyl (C=O) groups is 2. The van der Waals surface area contributed by atoms with E-state index in [0.717, 1.165) is 0 Å². The average molecular weight is 480 g/mol. The van der Waals surface area contributed by atoms with Crippen molar-refractivity contribution in [1.29, 1.82) is 5.26 Å². The molecule has 148 valence electrons. The summed E-state index contributed by atoms with van der Waals surface area (Å²) in [4.78, 5) is 23.0. The lowest BCUT2D eigenvalue weighted by atomic mass is 10.1. The monoisotopic (exact) mass is 478 g/mol. The van der Waals surface area contributed by atoms with Crippen LogP contribution in [0.5, 0.6) is 0 Å². The predicted molar refractivity (Wildman–Crippen MR) is 95.0 cm³/mol. The maximum absolute atomic E-state index is 13.6. The molecule has 2 rings (SSSR count). The summed E-state index contributed by atoms with van der Waals surface area (Å²) in [7, 11) is 0. The van der Waals surface area contributed by atoms with Gasteiger partial charge in [-0.05, 0) is 40.5 Å². The summed E-state index contributed by atoms with van der Waals surface area (Å²) in [6.45, 7) is 0.379. The average Bonchev–Trinajstić information content (AvgIpc) is 2.92. The standard InChI is InChI=1S/C17H11BrClF3N2O4/c1-2-27-15(25)16(26)28-8-24-13(9-3-5-10(19)6-4-9)11(7-23)12(18)14(24)17(20,21)22/h3-6H,2,8H2,1H3. The normalized spacial score (nSPS) is 11.0. The number of benzene rings is 1. The van der Waals surface area contributed by atoms with Gasteiger partial charge in [-0.3, -0.25) is 0 Å². The quantitative estimate of drug-likeness (QED) is 0.476. The molecule has 0 aliphatic heterocycles. The van der Waals surface area contributed by atoms with Crippen molar-refractivity contribution < 1.29 is 32.2 Å². The van der Waals surface area contributed by atoms with E-state index in [1.807, 2.05) is 0 Å². The molecule has 0 unspecified atom stereocenters. The SMILES string of the molecule is CCOC(=O)C(=O)OCn1c(-c2ccc(Cl)cc2)c(C#N)c(Br)c1C(F)(F)F. The van der Waals surface area contributed by atoms with E-state index in [1.165, 1.54) is 31.2 Å². The Bertz CT molecular complexity index is 949. The zero-order valence-corrected chi connectivity index (χ0v) is 16.5. The number of carbonyl (C=O) groups excluding carboxylic acids is 2. The molecule has 0 bridgehead atoms. The van der Waals surface area contributed by atoms with Crippen LogP contribution in [0.1, 0.15) is 18.2 Å². The summed E-state index contributed by atoms with van der Waals surface area (Å²) < 4.78 is 50.0. The lowest BCUT2D eigenvalue weighted by molar-refractivity contribution is -0.171. The molecule has 28 heavy (non-hydrogen) atoms. The molecule has 1 aromatic carbocycles. The summed E-state index contributed by atoms with van der Waals surface area (Å²) in [6.07, 6.45) is -4.88. The van der Waals surface area contributed by atoms with Gasteiger partial charge in [-0.15, -0.1) is 0 Å². The highest BCUT2D eigenvalue weighted by Gasteiger charge is 2.41. The molecule has 0 saturated heterocycles. The van der Waals surface area contributed by atoms with Crippen molar-refractivity contribution in [3.05, 3.63) is 45.0 Å². The Balaban J connectivity index is 2.60. The molecule has 0 amide bonds. The van der Waals surface area contributed by atoms with Crippen molar-refractivity contribution in [2.75, 3.05) is 6.61 Å². The number of nitrogens with zero attached hydrogens (tertiary/aromatic N) is 2. The molecule has 0 radical (unpaired) electrons. The Morgan fingerprint density at radius 1 is 1.21 bits per heavy atom. The highest BCUT2D eigenvalue weighted by molar-refractivity contribution is 9.10. The highest BCUT2D eigenvalue weighted by atomic mass is 79.9. The first-order valence-electron chi connectivity index (χ1n) is 7.60. The summed E-state index contributed by atoms with van der Waals surface area (Å²) in [5, 5.41) is 9.72. The summed E-state index contributed by atoms with van der Waals surface area (Å²) in [5.74, 6) is -2.80. The van der Waals surface area contributed by atoms with Gasteiger partial charge in [-0.1, -0.05) is 23.7 Å². The molecule has 0 fully saturated rings. The van der Waals surface area contributed by atoms with Gasteiger partial charge in [0.25, 0.3) is 0 Å². The van der Waals surface area contributed by atoms with E-state index in [-0.39, 0.29) is 23.4 Å². The molecular weight excluding hydrogens is 469 g/mol. The molecular formula is C17H11BrClF3N2O4. The van der Waals surface area contributed by atoms with E-state index in [2.05, 4.69) is 25.4 Å². The van der Waals surface area contributed by atoms with E-state index in [4.69, 9.17) is 11.6 Å². The summed E-state index contributed by atoms with van der Waals surface area (Å²) in [5.41, 5.74) is -1.49. The molecule has 0 aliphatic carbocycles. The number of halogens is 5. The molecule has 1 aromatic heterocycles. The molecule has 0 spiro atoms. The van der Waals surface area contributed by atoms with Gasteiger partial charge in [0.2, 0.25) is 0 Å². The van der Waals surface area contributed by atoms with Crippen molar-refractivity contribution in [1.82, 2.24) is 4.57 Å². The first-order chi connectivity index (χ1) is 13.1. The number of alkyl halides is 3. The van der Waals surface area contributed by atoms with Crippen LogP contribution >= 0.6 is 27.5 Å². The highest BCUT2D eigenvalue weighted by Crippen LogP contribution is 2.43. The van der Waals surface area contributed by atoms with Gasteiger partial charge in [-0.2, -0.15) is 18.4 Å². The number of rotatable bonds is 4. The minimum Gasteiger partial charge on any atom is -0.458 e. The molecule has 2 aromatic rings. The predicted octanol–water partition coefficient (Wildman–Crippen LogP) is 4.53. The Morgan fingerprint density at radius 2 is 1.79 bits per heavy atom. The Labute approximate surface area is 170 Å². The second-order valence-corrected chi connectivity index (χ2v) is 6.44. The van der Waals surface area contributed by atoms with Gasteiger partial charge in [0.15, 0.2) is 6.73 Å². The molecule has 1 heterocycles. The number of ether oxygens (including phenoxy) is 2. The molecule has 0 aliphatic rings. The van der Waals surface area contributed by atoms with Gasteiger partial charge in [0.05, 0.1) is 22.3 Å². The third-order valence-electron chi connectivity index (χ3n) is 3.47. The van der Waals surface area contributed by atoms with Crippen LogP contribution in [0, 0.1) is 11.3 Å². The van der Waals surface area contributed by atoms with E-state index in [9.17, 15) is 28.0 Å². The van der Waals surface area contributed by atoms with Crippen LogP contribution in [0.25, 0.3) is 11.3 Å². The lowest BCUT2D eigenvalue weighted by Gasteiger charge is -2.15. The van der Waals surface area contributed by atoms with Crippen LogP contribution in [-0.4, -0.2) is 23.1 Å². The number of hydrogen-bond donors (Lipinski definition) is 0. The van der Waals surface area contributed by atoms with E-state index in [0.29, 0.717) is 9.59 Å². The maximum Gasteiger partial charge on any atom is 0.432 e. The molecule has 0 atom stereocenters. The van der Waals surface area contributed by atoms with Crippen LogP contribution in [-0.2, 0) is 32.0 Å². The van der Waals surface area contributed by atoms with Crippen molar-refractivity contribution in [2.24, 2.45) is 0 Å². The van der Waals surface area contributed by atoms with E-state index < -0.39 is 35.0 Å². The van der Waals surface area contributed by atoms with Gasteiger partial charge in [0, 0.05) is 5.02 Å². The third-order valence-corrected chi connectivity index (χ3v) is 4.49. The zero-order chi connectivity index (χ0) is 21.1. The number of hydrogen-bond acceptors (Lipinski definition) is 5. The zero-order valence-electron chi connectivity index (χ0n) is 14.1. The van der Waals surface area contributed by atoms with Gasteiger partial charge < -0.3 is 14.0 Å².